The van der Waals surface area contributed by atoms with Gasteiger partial charge >= 0.3 is 6.18 Å². The lowest BCUT2D eigenvalue weighted by Crippen LogP contribution is -2.51. The fourth-order valence-corrected chi connectivity index (χ4v) is 4.09. The number of fused-ring (bicyclic) bond motifs is 1. The number of aromatic nitrogens is 3. The summed E-state index contributed by atoms with van der Waals surface area (Å²) in [6.07, 6.45) is -4.21. The molecule has 0 radical (unpaired) electrons. The Balaban J connectivity index is 1.89. The molecule has 4 rings (SSSR count). The Labute approximate surface area is 222 Å². The number of alkyl halides is 3. The molecule has 0 spiro atoms. The minimum atomic E-state index is -4.72. The van der Waals surface area contributed by atoms with Gasteiger partial charge in [-0.25, -0.2) is 9.07 Å². The lowest BCUT2D eigenvalue weighted by atomic mass is 9.97. The van der Waals surface area contributed by atoms with Crippen molar-refractivity contribution in [2.75, 3.05) is 4.90 Å². The van der Waals surface area contributed by atoms with Crippen LogP contribution in [0.2, 0.25) is 0 Å². The predicted octanol–water partition coefficient (Wildman–Crippen LogP) is 5.67. The van der Waals surface area contributed by atoms with E-state index in [1.807, 2.05) is 6.92 Å². The Kier molecular flexibility index (Phi) is 7.71. The van der Waals surface area contributed by atoms with Crippen LogP contribution in [-0.4, -0.2) is 32.3 Å². The molecule has 39 heavy (non-hydrogen) atoms. The number of hydrogen-bond acceptors (Lipinski definition) is 4. The third-order valence-corrected chi connectivity index (χ3v) is 6.48. The molecule has 4 aromatic rings. The standard InChI is InChI=1S/C28H27F4N5O2/c1-4-27(2,3)33-26(39)25(20-12-5-6-13-21(20)29)37(19-11-9-10-18(16-19)28(30,31)32)24(38)17-36-23-15-8-7-14-22(23)34-35-36/h5-16,25H,4,17H2,1-3H3,(H,33,39)/t25-/m1/s1. The molecule has 0 aliphatic heterocycles. The molecule has 0 aliphatic carbocycles. The maximum absolute atomic E-state index is 15.2. The molecule has 1 atom stereocenters. The zero-order valence-corrected chi connectivity index (χ0v) is 21.5. The smallest absolute Gasteiger partial charge is 0.349 e. The Hall–Kier alpha value is -4.28. The number of anilines is 1. The molecule has 2 amide bonds. The van der Waals surface area contributed by atoms with Crippen LogP contribution in [0.15, 0.2) is 72.8 Å². The lowest BCUT2D eigenvalue weighted by molar-refractivity contribution is -0.137. The van der Waals surface area contributed by atoms with E-state index in [2.05, 4.69) is 15.6 Å². The van der Waals surface area contributed by atoms with Crippen molar-refractivity contribution in [2.24, 2.45) is 0 Å². The number of carbonyl (C=O) groups is 2. The highest BCUT2D eigenvalue weighted by Crippen LogP contribution is 2.35. The van der Waals surface area contributed by atoms with E-state index in [1.54, 1.807) is 38.1 Å². The first-order valence-corrected chi connectivity index (χ1v) is 12.3. The van der Waals surface area contributed by atoms with Gasteiger partial charge in [-0.05, 0) is 56.7 Å². The van der Waals surface area contributed by atoms with E-state index in [4.69, 9.17) is 0 Å². The number of halogens is 4. The van der Waals surface area contributed by atoms with E-state index < -0.39 is 47.5 Å². The number of benzene rings is 3. The van der Waals surface area contributed by atoms with Crippen molar-refractivity contribution in [3.63, 3.8) is 0 Å². The highest BCUT2D eigenvalue weighted by molar-refractivity contribution is 6.01. The van der Waals surface area contributed by atoms with Crippen LogP contribution < -0.4 is 10.2 Å². The molecule has 0 saturated carbocycles. The third-order valence-electron chi connectivity index (χ3n) is 6.48. The van der Waals surface area contributed by atoms with Gasteiger partial charge in [0.25, 0.3) is 0 Å². The summed E-state index contributed by atoms with van der Waals surface area (Å²) in [5.74, 6) is -2.33. The summed E-state index contributed by atoms with van der Waals surface area (Å²) < 4.78 is 57.5. The van der Waals surface area contributed by atoms with Crippen molar-refractivity contribution in [2.45, 2.75) is 51.5 Å². The molecular formula is C28H27F4N5O2. The first kappa shape index (κ1) is 27.7. The number of amides is 2. The maximum Gasteiger partial charge on any atom is 0.416 e. The Morgan fingerprint density at radius 3 is 2.38 bits per heavy atom. The average Bonchev–Trinajstić information content (AvgIpc) is 3.29. The SMILES string of the molecule is CCC(C)(C)NC(=O)[C@@H](c1ccccc1F)N(C(=O)Cn1nnc2ccccc21)c1cccc(C(F)(F)F)c1. The van der Waals surface area contributed by atoms with E-state index in [-0.39, 0.29) is 11.3 Å². The fourth-order valence-electron chi connectivity index (χ4n) is 4.09. The number of rotatable bonds is 8. The summed E-state index contributed by atoms with van der Waals surface area (Å²) in [6, 6.07) is 14.6. The number of hydrogen-bond donors (Lipinski definition) is 1. The summed E-state index contributed by atoms with van der Waals surface area (Å²) in [5.41, 5.74) is -1.15. The zero-order chi connectivity index (χ0) is 28.4. The summed E-state index contributed by atoms with van der Waals surface area (Å²) >= 11 is 0. The first-order chi connectivity index (χ1) is 18.4. The van der Waals surface area contributed by atoms with Gasteiger partial charge in [-0.15, -0.1) is 5.10 Å². The number of nitrogens with zero attached hydrogens (tertiary/aromatic N) is 4. The van der Waals surface area contributed by atoms with Crippen LogP contribution in [0.1, 0.15) is 44.4 Å². The molecule has 0 bridgehead atoms. The molecule has 204 valence electrons. The molecule has 0 fully saturated rings. The number of carbonyl (C=O) groups excluding carboxylic acids is 2. The van der Waals surface area contributed by atoms with Crippen molar-refractivity contribution in [3.8, 4) is 0 Å². The number of para-hydroxylation sites is 1. The highest BCUT2D eigenvalue weighted by Gasteiger charge is 2.38. The molecule has 11 heteroatoms. The highest BCUT2D eigenvalue weighted by atomic mass is 19.4. The molecule has 3 aromatic carbocycles. The molecule has 1 N–H and O–H groups in total. The second kappa shape index (κ2) is 10.8. The van der Waals surface area contributed by atoms with Gasteiger partial charge in [-0.1, -0.05) is 48.5 Å². The summed E-state index contributed by atoms with van der Waals surface area (Å²) in [4.78, 5) is 28.6. The lowest BCUT2D eigenvalue weighted by Gasteiger charge is -2.35. The molecule has 1 heterocycles. The van der Waals surface area contributed by atoms with E-state index >= 15 is 4.39 Å². The van der Waals surface area contributed by atoms with Crippen molar-refractivity contribution >= 4 is 28.5 Å². The quantitative estimate of drug-likeness (QED) is 0.292. The van der Waals surface area contributed by atoms with Gasteiger partial charge in [0, 0.05) is 16.8 Å². The molecular weight excluding hydrogens is 514 g/mol. The maximum atomic E-state index is 15.2. The first-order valence-electron chi connectivity index (χ1n) is 12.3. The minimum Gasteiger partial charge on any atom is -0.349 e. The van der Waals surface area contributed by atoms with Gasteiger partial charge in [0.05, 0.1) is 11.1 Å². The molecule has 7 nitrogen and oxygen atoms in total. The third kappa shape index (κ3) is 6.08. The van der Waals surface area contributed by atoms with Crippen LogP contribution in [0, 0.1) is 5.82 Å². The largest absolute Gasteiger partial charge is 0.416 e. The normalized spacial score (nSPS) is 12.8. The summed E-state index contributed by atoms with van der Waals surface area (Å²) in [5, 5.41) is 10.8. The van der Waals surface area contributed by atoms with Crippen LogP contribution >= 0.6 is 0 Å². The topological polar surface area (TPSA) is 80.1 Å². The van der Waals surface area contributed by atoms with Gasteiger partial charge < -0.3 is 5.32 Å². The van der Waals surface area contributed by atoms with Gasteiger partial charge in [0.15, 0.2) is 0 Å². The second-order valence-electron chi connectivity index (χ2n) is 9.70. The van der Waals surface area contributed by atoms with Crippen LogP contribution in [-0.2, 0) is 22.3 Å². The Bertz CT molecular complexity index is 1500. The van der Waals surface area contributed by atoms with Gasteiger partial charge in [-0.2, -0.15) is 13.2 Å². The van der Waals surface area contributed by atoms with Crippen LogP contribution in [0.5, 0.6) is 0 Å². The average molecular weight is 542 g/mol. The Morgan fingerprint density at radius 2 is 1.69 bits per heavy atom. The van der Waals surface area contributed by atoms with E-state index in [0.717, 1.165) is 29.2 Å². The van der Waals surface area contributed by atoms with E-state index in [9.17, 15) is 22.8 Å². The summed E-state index contributed by atoms with van der Waals surface area (Å²) in [7, 11) is 0. The van der Waals surface area contributed by atoms with E-state index in [0.29, 0.717) is 17.5 Å². The predicted molar refractivity (Wildman–Crippen MR) is 138 cm³/mol. The van der Waals surface area contributed by atoms with Gasteiger partial charge in [0.1, 0.15) is 23.9 Å². The molecule has 0 unspecified atom stereocenters. The van der Waals surface area contributed by atoms with Crippen LogP contribution in [0.3, 0.4) is 0 Å². The minimum absolute atomic E-state index is 0.170. The Morgan fingerprint density at radius 1 is 1.00 bits per heavy atom. The molecule has 0 aliphatic rings. The second-order valence-corrected chi connectivity index (χ2v) is 9.70. The van der Waals surface area contributed by atoms with Gasteiger partial charge in [-0.3, -0.25) is 14.5 Å². The number of nitrogens with one attached hydrogen (secondary N) is 1. The zero-order valence-electron chi connectivity index (χ0n) is 21.5. The monoisotopic (exact) mass is 541 g/mol. The van der Waals surface area contributed by atoms with Gasteiger partial charge in [0.2, 0.25) is 11.8 Å². The van der Waals surface area contributed by atoms with Crippen LogP contribution in [0.4, 0.5) is 23.2 Å². The molecule has 0 saturated heterocycles. The summed E-state index contributed by atoms with van der Waals surface area (Å²) in [6.45, 7) is 4.87. The van der Waals surface area contributed by atoms with Crippen molar-refractivity contribution in [1.82, 2.24) is 20.3 Å². The molecule has 1 aromatic heterocycles. The van der Waals surface area contributed by atoms with Crippen molar-refractivity contribution in [1.29, 1.82) is 0 Å². The van der Waals surface area contributed by atoms with E-state index in [1.165, 1.54) is 28.9 Å². The van der Waals surface area contributed by atoms with Crippen molar-refractivity contribution in [3.05, 3.63) is 89.7 Å². The van der Waals surface area contributed by atoms with Crippen LogP contribution in [0.25, 0.3) is 11.0 Å². The van der Waals surface area contributed by atoms with Crippen molar-refractivity contribution < 1.29 is 27.2 Å². The fraction of sp³-hybridized carbons (Fsp3) is 0.286.